The Morgan fingerprint density at radius 1 is 1.05 bits per heavy atom. The fraction of sp³-hybridized carbons (Fsp3) is 0.622. The van der Waals surface area contributed by atoms with E-state index in [1.165, 1.54) is 30.7 Å². The number of ketones is 1. The van der Waals surface area contributed by atoms with Gasteiger partial charge in [0, 0.05) is 43.8 Å². The minimum absolute atomic E-state index is 0.0170. The lowest BCUT2D eigenvalue weighted by Gasteiger charge is -2.53. The van der Waals surface area contributed by atoms with E-state index >= 15 is 0 Å². The second-order valence-electron chi connectivity index (χ2n) is 17.3. The number of esters is 1. The first-order valence-electron chi connectivity index (χ1n) is 21.7. The lowest BCUT2D eigenvalue weighted by Crippen LogP contribution is -2.71. The number of rotatable bonds is 22. The number of fused-ring (bicyclic) bond motifs is 1. The first kappa shape index (κ1) is 54.2. The van der Waals surface area contributed by atoms with Crippen molar-refractivity contribution >= 4 is 39.6 Å². The number of ether oxygens (including phenoxy) is 5. The quantitative estimate of drug-likeness (QED) is 0.0924. The van der Waals surface area contributed by atoms with E-state index < -0.39 is 34.2 Å². The number of nitrogens with zero attached hydrogens (tertiary/aromatic N) is 2. The first-order chi connectivity index (χ1) is 30.1. The van der Waals surface area contributed by atoms with Crippen molar-refractivity contribution in [2.24, 2.45) is 17.4 Å². The van der Waals surface area contributed by atoms with Crippen LogP contribution in [0.3, 0.4) is 0 Å². The summed E-state index contributed by atoms with van der Waals surface area (Å²) in [5.74, 6) is 0.632. The van der Waals surface area contributed by atoms with E-state index in [9.17, 15) is 27.9 Å². The van der Waals surface area contributed by atoms with Gasteiger partial charge < -0.3 is 50.9 Å². The van der Waals surface area contributed by atoms with E-state index in [-0.39, 0.29) is 66.9 Å². The van der Waals surface area contributed by atoms with Crippen LogP contribution in [0.15, 0.2) is 58.5 Å². The Bertz CT molecular complexity index is 1950. The predicted octanol–water partition coefficient (Wildman–Crippen LogP) is 5.45. The van der Waals surface area contributed by atoms with Crippen molar-refractivity contribution in [2.45, 2.75) is 120 Å². The molecule has 3 aliphatic rings. The lowest BCUT2D eigenvalue weighted by molar-refractivity contribution is -0.151. The summed E-state index contributed by atoms with van der Waals surface area (Å²) in [4.78, 5) is 38.0. The Labute approximate surface area is 384 Å². The van der Waals surface area contributed by atoms with Crippen molar-refractivity contribution in [2.75, 3.05) is 60.3 Å². The minimum atomic E-state index is -4.10. The molecule has 5 rings (SSSR count). The average Bonchev–Trinajstić information content (AvgIpc) is 3.89. The lowest BCUT2D eigenvalue weighted by atomic mass is 9.60. The van der Waals surface area contributed by atoms with Crippen LogP contribution < -0.4 is 36.3 Å². The molecule has 1 aliphatic carbocycles. The zero-order valence-corrected chi connectivity index (χ0v) is 40.6. The third-order valence-corrected chi connectivity index (χ3v) is 13.8. The number of carboxylic acid groups (broad SMARTS) is 1. The van der Waals surface area contributed by atoms with Crippen molar-refractivity contribution < 1.29 is 51.6 Å². The van der Waals surface area contributed by atoms with Gasteiger partial charge in [-0.05, 0) is 89.6 Å². The van der Waals surface area contributed by atoms with Gasteiger partial charge in [0.05, 0.1) is 48.1 Å². The van der Waals surface area contributed by atoms with Gasteiger partial charge in [0.1, 0.15) is 24.2 Å². The van der Waals surface area contributed by atoms with Crippen LogP contribution in [0.1, 0.15) is 85.6 Å². The summed E-state index contributed by atoms with van der Waals surface area (Å²) in [6.45, 7) is 15.1. The number of benzene rings is 2. The van der Waals surface area contributed by atoms with Crippen molar-refractivity contribution in [1.82, 2.24) is 19.8 Å². The average molecular weight is 937 g/mol. The maximum Gasteiger partial charge on any atom is 0.404 e. The smallest absolute Gasteiger partial charge is 0.404 e. The molecule has 2 aromatic carbocycles. The highest BCUT2D eigenvalue weighted by Gasteiger charge is 2.49. The Balaban J connectivity index is 0.000000348. The molecule has 17 nitrogen and oxygen atoms in total. The molecule has 1 amide bonds. The molecular formula is C45H72N6O11S2. The highest BCUT2D eigenvalue weighted by Crippen LogP contribution is 2.41. The highest BCUT2D eigenvalue weighted by atomic mass is 32.2. The SMILES string of the molecule is CCCC1(N)CCC1(C)N.COCCN(C)CC(=O)CCC(=O)OC(CN(CC(C)C)S(=O)(=O)c1ccc2c(c1)OCO2)C(C)NC(=O)O.Cc1ccc(OCC2=CSC(C)N2)cc1. The van der Waals surface area contributed by atoms with Crippen molar-refractivity contribution in [3.8, 4) is 17.2 Å². The number of nitrogens with one attached hydrogen (secondary N) is 2. The van der Waals surface area contributed by atoms with Crippen LogP contribution in [-0.2, 0) is 29.1 Å². The van der Waals surface area contributed by atoms with Gasteiger partial charge in [-0.15, -0.1) is 11.8 Å². The monoisotopic (exact) mass is 936 g/mol. The maximum absolute atomic E-state index is 13.6. The number of hydrogen-bond donors (Lipinski definition) is 5. The van der Waals surface area contributed by atoms with Crippen molar-refractivity contribution in [3.63, 3.8) is 0 Å². The summed E-state index contributed by atoms with van der Waals surface area (Å²) < 4.78 is 55.2. The number of likely N-dealkylation sites (N-methyl/N-ethyl adjacent to an activating group) is 1. The second kappa shape index (κ2) is 25.5. The summed E-state index contributed by atoms with van der Waals surface area (Å²) in [5.41, 5.74) is 14.3. The van der Waals surface area contributed by atoms with Crippen LogP contribution in [0.5, 0.6) is 17.2 Å². The topological polar surface area (TPSA) is 234 Å². The summed E-state index contributed by atoms with van der Waals surface area (Å²) in [5, 5.41) is 17.4. The zero-order valence-electron chi connectivity index (χ0n) is 39.0. The Morgan fingerprint density at radius 2 is 1.73 bits per heavy atom. The van der Waals surface area contributed by atoms with Gasteiger partial charge in [0.25, 0.3) is 0 Å². The van der Waals surface area contributed by atoms with Gasteiger partial charge in [-0.25, -0.2) is 13.2 Å². The minimum Gasteiger partial charge on any atom is -0.487 e. The largest absolute Gasteiger partial charge is 0.487 e. The normalized spacial score (nSPS) is 20.7. The third kappa shape index (κ3) is 17.4. The summed E-state index contributed by atoms with van der Waals surface area (Å²) >= 11 is 1.79. The van der Waals surface area contributed by atoms with Crippen LogP contribution in [0.2, 0.25) is 0 Å². The molecule has 7 N–H and O–H groups in total. The first-order valence-corrected chi connectivity index (χ1v) is 24.1. The number of sulfonamides is 1. The number of carbonyl (C=O) groups excluding carboxylic acids is 2. The van der Waals surface area contributed by atoms with Crippen LogP contribution >= 0.6 is 11.8 Å². The molecule has 19 heteroatoms. The molecular weight excluding hydrogens is 865 g/mol. The second-order valence-corrected chi connectivity index (χ2v) is 20.4. The van der Waals surface area contributed by atoms with E-state index in [1.54, 1.807) is 30.8 Å². The molecule has 0 radical (unpaired) electrons. The fourth-order valence-electron chi connectivity index (χ4n) is 6.91. The molecule has 360 valence electrons. The number of Topliss-reactive ketones (excluding diaryl/α,β-unsaturated/α-hetero) is 1. The standard InChI is InChI=1S/C25H39N3O10S.C12H15NOS.C8H18N2/c1-17(2)13-28(39(33,34)20-7-8-21-22(12-20)37-16-36-21)15-23(18(3)26-25(31)32)38-24(30)9-6-19(29)14-27(4)10-11-35-5;1-9-3-5-12(6-4-9)14-7-11-8-15-10(2)13-11;1-3-4-8(10)6-5-7(8,2)9/h7-8,12,17-18,23,26H,6,9-11,13-16H2,1-5H3,(H,31,32);3-6,8,10,13H,7H2,1-2H3;3-6,9-10H2,1-2H3. The Kier molecular flexibility index (Phi) is 21.6. The summed E-state index contributed by atoms with van der Waals surface area (Å²) in [6.07, 6.45) is 1.59. The van der Waals surface area contributed by atoms with Gasteiger partial charge >= 0.3 is 12.1 Å². The highest BCUT2D eigenvalue weighted by molar-refractivity contribution is 8.02. The Hall–Kier alpha value is -4.11. The number of thioether (sulfide) groups is 1. The van der Waals surface area contributed by atoms with Gasteiger partial charge in [0.2, 0.25) is 16.8 Å². The molecule has 64 heavy (non-hydrogen) atoms. The van der Waals surface area contributed by atoms with E-state index in [1.807, 2.05) is 26.0 Å². The van der Waals surface area contributed by atoms with Gasteiger partial charge in [-0.1, -0.05) is 44.9 Å². The van der Waals surface area contributed by atoms with Gasteiger partial charge in [0.15, 0.2) is 11.5 Å². The number of amides is 1. The van der Waals surface area contributed by atoms with Gasteiger partial charge in [-0.2, -0.15) is 4.31 Å². The molecule has 5 unspecified atom stereocenters. The molecule has 0 bridgehead atoms. The molecule has 5 atom stereocenters. The number of carbonyl (C=O) groups is 3. The summed E-state index contributed by atoms with van der Waals surface area (Å²) in [7, 11) is -0.777. The van der Waals surface area contributed by atoms with E-state index in [2.05, 4.69) is 55.9 Å². The number of aryl methyl sites for hydroxylation is 1. The van der Waals surface area contributed by atoms with Gasteiger partial charge in [-0.3, -0.25) is 14.5 Å². The molecule has 1 saturated carbocycles. The van der Waals surface area contributed by atoms with Crippen LogP contribution in [0.4, 0.5) is 4.79 Å². The molecule has 2 aliphatic heterocycles. The van der Waals surface area contributed by atoms with Crippen molar-refractivity contribution in [1.29, 1.82) is 0 Å². The molecule has 2 heterocycles. The number of nitrogens with two attached hydrogens (primary N) is 2. The number of hydrogen-bond acceptors (Lipinski definition) is 15. The predicted molar refractivity (Wildman–Crippen MR) is 249 cm³/mol. The van der Waals surface area contributed by atoms with E-state index in [4.69, 9.17) is 35.2 Å². The fourth-order valence-corrected chi connectivity index (χ4v) is 9.26. The van der Waals surface area contributed by atoms with E-state index in [0.29, 0.717) is 36.6 Å². The summed E-state index contributed by atoms with van der Waals surface area (Å²) in [6, 6.07) is 11.4. The van der Waals surface area contributed by atoms with Crippen LogP contribution in [-0.4, -0.2) is 130 Å². The third-order valence-electron chi connectivity index (χ3n) is 11.0. The number of methoxy groups -OCH3 is 1. The molecule has 0 aromatic heterocycles. The van der Waals surface area contributed by atoms with E-state index in [0.717, 1.165) is 41.4 Å². The Morgan fingerprint density at radius 3 is 2.28 bits per heavy atom. The van der Waals surface area contributed by atoms with Crippen molar-refractivity contribution in [3.05, 3.63) is 59.1 Å². The molecule has 2 aromatic rings. The maximum atomic E-state index is 13.6. The van der Waals surface area contributed by atoms with Crippen LogP contribution in [0, 0.1) is 12.8 Å². The zero-order chi connectivity index (χ0) is 47.7. The molecule has 0 saturated heterocycles. The molecule has 0 spiro atoms. The molecule has 1 fully saturated rings. The van der Waals surface area contributed by atoms with Crippen LogP contribution in [0.25, 0.3) is 0 Å².